The van der Waals surface area contributed by atoms with Crippen LogP contribution in [0.3, 0.4) is 0 Å². The number of esters is 1. The highest BCUT2D eigenvalue weighted by Crippen LogP contribution is 2.19. The first-order valence-corrected chi connectivity index (χ1v) is 33.9. The normalized spacial score (nSPS) is 12.5. The number of hydrogen-bond acceptors (Lipinski definition) is 5. The van der Waals surface area contributed by atoms with E-state index in [0.717, 1.165) is 44.9 Å². The molecule has 2 unspecified atom stereocenters. The number of carbonyl (C=O) groups excluding carboxylic acids is 2. The molecule has 6 nitrogen and oxygen atoms in total. The highest BCUT2D eigenvalue weighted by molar-refractivity contribution is 5.76. The molecular formula is C68H133NO5. The summed E-state index contributed by atoms with van der Waals surface area (Å²) < 4.78 is 5.47. The molecule has 0 spiro atoms. The summed E-state index contributed by atoms with van der Waals surface area (Å²) in [6.45, 7) is 4.96. The Balaban J connectivity index is 3.31. The van der Waals surface area contributed by atoms with E-state index in [1.54, 1.807) is 0 Å². The quantitative estimate of drug-likeness (QED) is 0.0320. The second kappa shape index (κ2) is 64.1. The third-order valence-corrected chi connectivity index (χ3v) is 16.1. The van der Waals surface area contributed by atoms with Crippen molar-refractivity contribution in [2.75, 3.05) is 13.2 Å². The van der Waals surface area contributed by atoms with Crippen LogP contribution >= 0.6 is 0 Å². The minimum Gasteiger partial charge on any atom is -0.466 e. The van der Waals surface area contributed by atoms with Gasteiger partial charge in [-0.05, 0) is 51.4 Å². The third-order valence-electron chi connectivity index (χ3n) is 16.1. The number of aliphatic hydroxyl groups excluding tert-OH is 2. The van der Waals surface area contributed by atoms with Crippen molar-refractivity contribution in [2.24, 2.45) is 0 Å². The van der Waals surface area contributed by atoms with Crippen molar-refractivity contribution in [3.05, 3.63) is 12.2 Å². The Kier molecular flexibility index (Phi) is 62.9. The molecule has 74 heavy (non-hydrogen) atoms. The van der Waals surface area contributed by atoms with Crippen LogP contribution in [0.1, 0.15) is 386 Å². The van der Waals surface area contributed by atoms with Gasteiger partial charge < -0.3 is 20.3 Å². The van der Waals surface area contributed by atoms with Crippen LogP contribution in [0.5, 0.6) is 0 Å². The topological polar surface area (TPSA) is 95.9 Å². The Hall–Kier alpha value is -1.40. The second-order valence-electron chi connectivity index (χ2n) is 23.5. The predicted molar refractivity (Wildman–Crippen MR) is 324 cm³/mol. The SMILES string of the molecule is CCCCC/C=C\CCCCCCCC(=O)OCCCCCCCCCCCCCCCCCCCCCCCCCCCCCCCCCC(=O)NC(CO)C(O)CCCCCCCCCCCCCCCC. The summed E-state index contributed by atoms with van der Waals surface area (Å²) in [6, 6.07) is -0.537. The monoisotopic (exact) mass is 1040 g/mol. The Bertz CT molecular complexity index is 1110. The molecule has 0 saturated heterocycles. The van der Waals surface area contributed by atoms with E-state index in [9.17, 15) is 19.8 Å². The highest BCUT2D eigenvalue weighted by Gasteiger charge is 2.20. The van der Waals surface area contributed by atoms with Gasteiger partial charge in [-0.25, -0.2) is 0 Å². The minimum absolute atomic E-state index is 0.0112. The Morgan fingerprint density at radius 3 is 0.986 bits per heavy atom. The van der Waals surface area contributed by atoms with Crippen molar-refractivity contribution >= 4 is 11.9 Å². The molecule has 1 amide bonds. The summed E-state index contributed by atoms with van der Waals surface area (Å²) in [5, 5.41) is 23.3. The highest BCUT2D eigenvalue weighted by atomic mass is 16.5. The number of ether oxygens (including phenoxy) is 1. The van der Waals surface area contributed by atoms with E-state index < -0.39 is 12.1 Å². The van der Waals surface area contributed by atoms with E-state index in [-0.39, 0.29) is 18.5 Å². The van der Waals surface area contributed by atoms with Gasteiger partial charge in [0.1, 0.15) is 0 Å². The number of aliphatic hydroxyl groups is 2. The zero-order valence-electron chi connectivity index (χ0n) is 50.4. The summed E-state index contributed by atoms with van der Waals surface area (Å²) >= 11 is 0. The summed E-state index contributed by atoms with van der Waals surface area (Å²) in [4.78, 5) is 24.5. The average molecular weight is 1040 g/mol. The lowest BCUT2D eigenvalue weighted by Crippen LogP contribution is -2.45. The largest absolute Gasteiger partial charge is 0.466 e. The van der Waals surface area contributed by atoms with Gasteiger partial charge in [-0.15, -0.1) is 0 Å². The molecular weight excluding hydrogens is 911 g/mol. The maximum absolute atomic E-state index is 12.5. The van der Waals surface area contributed by atoms with Crippen LogP contribution < -0.4 is 5.32 Å². The number of unbranched alkanes of at least 4 members (excludes halogenated alkanes) is 51. The molecule has 0 fully saturated rings. The Labute approximate surface area is 463 Å². The fourth-order valence-electron chi connectivity index (χ4n) is 10.9. The molecule has 0 aromatic heterocycles. The van der Waals surface area contributed by atoms with Crippen LogP contribution in [0.25, 0.3) is 0 Å². The average Bonchev–Trinajstić information content (AvgIpc) is 3.40. The zero-order valence-corrected chi connectivity index (χ0v) is 50.4. The van der Waals surface area contributed by atoms with Crippen LogP contribution in [-0.4, -0.2) is 47.4 Å². The van der Waals surface area contributed by atoms with Crippen molar-refractivity contribution < 1.29 is 24.5 Å². The first-order valence-electron chi connectivity index (χ1n) is 33.9. The van der Waals surface area contributed by atoms with Crippen LogP contribution in [-0.2, 0) is 14.3 Å². The van der Waals surface area contributed by atoms with Gasteiger partial charge in [-0.2, -0.15) is 0 Å². The molecule has 0 saturated carbocycles. The molecule has 0 rings (SSSR count). The molecule has 0 radical (unpaired) electrons. The fraction of sp³-hybridized carbons (Fsp3) is 0.941. The third kappa shape index (κ3) is 59.8. The first-order chi connectivity index (χ1) is 36.5. The smallest absolute Gasteiger partial charge is 0.305 e. The molecule has 0 bridgehead atoms. The van der Waals surface area contributed by atoms with Gasteiger partial charge in [0.25, 0.3) is 0 Å². The van der Waals surface area contributed by atoms with E-state index in [1.807, 2.05) is 0 Å². The van der Waals surface area contributed by atoms with Crippen LogP contribution in [0.15, 0.2) is 12.2 Å². The Morgan fingerprint density at radius 1 is 0.365 bits per heavy atom. The van der Waals surface area contributed by atoms with Gasteiger partial charge in [0.05, 0.1) is 25.4 Å². The fourth-order valence-corrected chi connectivity index (χ4v) is 10.9. The molecule has 0 aromatic carbocycles. The summed E-state index contributed by atoms with van der Waals surface area (Å²) in [5.74, 6) is -0.0169. The van der Waals surface area contributed by atoms with E-state index in [1.165, 1.54) is 308 Å². The van der Waals surface area contributed by atoms with Gasteiger partial charge >= 0.3 is 5.97 Å². The van der Waals surface area contributed by atoms with Crippen LogP contribution in [0.4, 0.5) is 0 Å². The van der Waals surface area contributed by atoms with E-state index in [0.29, 0.717) is 25.9 Å². The summed E-state index contributed by atoms with van der Waals surface area (Å²) in [5.41, 5.74) is 0. The van der Waals surface area contributed by atoms with Gasteiger partial charge in [0.15, 0.2) is 0 Å². The Morgan fingerprint density at radius 2 is 0.635 bits per heavy atom. The molecule has 6 heteroatoms. The lowest BCUT2D eigenvalue weighted by atomic mass is 10.0. The van der Waals surface area contributed by atoms with Crippen molar-refractivity contribution in [1.82, 2.24) is 5.32 Å². The molecule has 0 heterocycles. The molecule has 0 aliphatic heterocycles. The van der Waals surface area contributed by atoms with Crippen molar-refractivity contribution in [3.63, 3.8) is 0 Å². The molecule has 3 N–H and O–H groups in total. The number of rotatable bonds is 64. The zero-order chi connectivity index (χ0) is 53.6. The second-order valence-corrected chi connectivity index (χ2v) is 23.5. The van der Waals surface area contributed by atoms with Crippen molar-refractivity contribution in [2.45, 2.75) is 398 Å². The molecule has 2 atom stereocenters. The van der Waals surface area contributed by atoms with Crippen molar-refractivity contribution in [1.29, 1.82) is 0 Å². The van der Waals surface area contributed by atoms with Crippen LogP contribution in [0, 0.1) is 0 Å². The molecule has 0 aromatic rings. The summed E-state index contributed by atoms with van der Waals surface area (Å²) in [7, 11) is 0. The number of nitrogens with one attached hydrogen (secondary N) is 1. The molecule has 440 valence electrons. The predicted octanol–water partition coefficient (Wildman–Crippen LogP) is 21.6. The van der Waals surface area contributed by atoms with Gasteiger partial charge in [0, 0.05) is 12.8 Å². The summed E-state index contributed by atoms with van der Waals surface area (Å²) in [6.07, 6.45) is 78.3. The number of hydrogen-bond donors (Lipinski definition) is 3. The van der Waals surface area contributed by atoms with E-state index >= 15 is 0 Å². The lowest BCUT2D eigenvalue weighted by molar-refractivity contribution is -0.143. The number of allylic oxidation sites excluding steroid dienone is 2. The number of carbonyl (C=O) groups is 2. The van der Waals surface area contributed by atoms with E-state index in [4.69, 9.17) is 4.74 Å². The molecule has 0 aliphatic carbocycles. The van der Waals surface area contributed by atoms with E-state index in [2.05, 4.69) is 31.3 Å². The standard InChI is InChI=1S/C68H133NO5/c1-3-5-7-9-11-13-15-17-37-40-44-48-52-56-60-66(71)65(64-70)69-67(72)61-57-53-49-45-41-38-35-33-31-29-27-25-23-21-19-18-20-22-24-26-28-30-32-34-36-39-43-47-51-55-59-63-74-68(73)62-58-54-50-46-42-16-14-12-10-8-6-4-2/h12,14,65-66,70-71H,3-11,13,15-64H2,1-2H3,(H,69,72)/b14-12-. The number of amides is 1. The first kappa shape index (κ1) is 72.6. The van der Waals surface area contributed by atoms with Gasteiger partial charge in [-0.3, -0.25) is 9.59 Å². The van der Waals surface area contributed by atoms with Crippen LogP contribution in [0.2, 0.25) is 0 Å². The lowest BCUT2D eigenvalue weighted by Gasteiger charge is -2.22. The van der Waals surface area contributed by atoms with Crippen molar-refractivity contribution in [3.8, 4) is 0 Å². The van der Waals surface area contributed by atoms with Gasteiger partial charge in [0.2, 0.25) is 5.91 Å². The molecule has 0 aliphatic rings. The minimum atomic E-state index is -0.660. The maximum Gasteiger partial charge on any atom is 0.305 e. The van der Waals surface area contributed by atoms with Gasteiger partial charge in [-0.1, -0.05) is 334 Å². The maximum atomic E-state index is 12.5.